The van der Waals surface area contributed by atoms with Crippen molar-refractivity contribution in [3.8, 4) is 0 Å². The van der Waals surface area contributed by atoms with Crippen LogP contribution >= 0.6 is 12.2 Å². The van der Waals surface area contributed by atoms with Crippen LogP contribution < -0.4 is 15.1 Å². The molecule has 1 N–H and O–H groups in total. The van der Waals surface area contributed by atoms with Gasteiger partial charge in [0.2, 0.25) is 0 Å². The first kappa shape index (κ1) is 14.6. The van der Waals surface area contributed by atoms with Crippen LogP contribution in [-0.4, -0.2) is 29.5 Å². The molecular weight excluding hydrogens is 403 g/mol. The van der Waals surface area contributed by atoms with Crippen LogP contribution in [0.1, 0.15) is 42.0 Å². The Morgan fingerprint density at radius 3 is 2.67 bits per heavy atom. The zero-order chi connectivity index (χ0) is 26.0. The highest BCUT2D eigenvalue weighted by atomic mass is 32.1. The molecule has 2 fully saturated rings. The van der Waals surface area contributed by atoms with Crippen molar-refractivity contribution in [2.75, 3.05) is 16.8 Å². The third kappa shape index (κ3) is 2.77. The summed E-state index contributed by atoms with van der Waals surface area (Å²) in [6, 6.07) is -1.55. The van der Waals surface area contributed by atoms with E-state index in [0.29, 0.717) is 6.42 Å². The van der Waals surface area contributed by atoms with Crippen molar-refractivity contribution in [2.24, 2.45) is 0 Å². The molecule has 2 aromatic rings. The van der Waals surface area contributed by atoms with Gasteiger partial charge in [0.05, 0.1) is 19.0 Å². The van der Waals surface area contributed by atoms with Crippen LogP contribution in [0.4, 0.5) is 21.5 Å². The summed E-state index contributed by atoms with van der Waals surface area (Å²) >= 11 is 5.56. The van der Waals surface area contributed by atoms with Crippen molar-refractivity contribution >= 4 is 46.2 Å². The summed E-state index contributed by atoms with van der Waals surface area (Å²) in [7, 11) is 1.23. The van der Waals surface area contributed by atoms with E-state index in [9.17, 15) is 9.59 Å². The summed E-state index contributed by atoms with van der Waals surface area (Å²) in [6.45, 7) is 8.77. The second-order valence-corrected chi connectivity index (χ2v) is 7.38. The molecule has 0 atom stereocenters. The first-order chi connectivity index (χ1) is 16.4. The smallest absolute Gasteiger partial charge is 0.259 e. The monoisotopic (exact) mass is 427 g/mol. The molecule has 1 aliphatic heterocycles. The summed E-state index contributed by atoms with van der Waals surface area (Å²) in [4.78, 5) is 31.3. The molecule has 1 aliphatic carbocycles. The minimum atomic E-state index is -1.37. The Hall–Kier alpha value is -3.31. The highest BCUT2D eigenvalue weighted by Crippen LogP contribution is 2.48. The molecule has 2 aromatic carbocycles. The fourth-order valence-corrected chi connectivity index (χ4v) is 4.10. The van der Waals surface area contributed by atoms with Gasteiger partial charge in [-0.2, -0.15) is 0 Å². The zero-order valence-electron chi connectivity index (χ0n) is 21.1. The lowest BCUT2D eigenvalue weighted by Crippen LogP contribution is -2.55. The number of hydrogen-bond donors (Lipinski definition) is 1. The van der Waals surface area contributed by atoms with E-state index >= 15 is 4.39 Å². The first-order valence-corrected chi connectivity index (χ1v) is 9.53. The van der Waals surface area contributed by atoms with Gasteiger partial charge in [-0.25, -0.2) is 9.24 Å². The quantitative estimate of drug-likeness (QED) is 0.592. The normalized spacial score (nSPS) is 19.5. The SMILES string of the molecule is [2H]c1cc([N+]#[C-])c(C)c([2H])c1N1C(=O)C2(CCC2)N(c2c([2H])c([2H])c(C(=O)NC)c(F)c2[2H])C1=S. The predicted octanol–water partition coefficient (Wildman–Crippen LogP) is 4.11. The summed E-state index contributed by atoms with van der Waals surface area (Å²) < 4.78 is 57.1. The van der Waals surface area contributed by atoms with Crippen LogP contribution in [0.5, 0.6) is 0 Å². The summed E-state index contributed by atoms with van der Waals surface area (Å²) in [5, 5.41) is 1.92. The van der Waals surface area contributed by atoms with Gasteiger partial charge in [0.15, 0.2) is 10.8 Å². The number of halogens is 1. The van der Waals surface area contributed by atoms with Gasteiger partial charge in [-0.1, -0.05) is 6.07 Å². The van der Waals surface area contributed by atoms with Gasteiger partial charge in [-0.05, 0) is 74.2 Å². The van der Waals surface area contributed by atoms with Crippen LogP contribution in [0.2, 0.25) is 0 Å². The van der Waals surface area contributed by atoms with Crippen LogP contribution in [0.25, 0.3) is 4.85 Å². The number of amides is 2. The maximum atomic E-state index is 15.2. The Morgan fingerprint density at radius 1 is 1.33 bits per heavy atom. The van der Waals surface area contributed by atoms with E-state index in [1.165, 1.54) is 24.9 Å². The van der Waals surface area contributed by atoms with E-state index in [2.05, 4.69) is 10.2 Å². The molecule has 1 spiro atoms. The second kappa shape index (κ2) is 7.18. The Balaban J connectivity index is 1.97. The van der Waals surface area contributed by atoms with Gasteiger partial charge < -0.3 is 10.2 Å². The van der Waals surface area contributed by atoms with Crippen LogP contribution in [0.15, 0.2) is 36.3 Å². The van der Waals surface area contributed by atoms with Crippen molar-refractivity contribution in [3.05, 3.63) is 64.6 Å². The van der Waals surface area contributed by atoms with E-state index in [4.69, 9.17) is 25.6 Å². The number of benzene rings is 2. The van der Waals surface area contributed by atoms with E-state index in [1.807, 2.05) is 0 Å². The Bertz CT molecular complexity index is 1360. The molecule has 1 saturated carbocycles. The highest BCUT2D eigenvalue weighted by molar-refractivity contribution is 7.81. The van der Waals surface area contributed by atoms with Crippen molar-refractivity contribution in [1.82, 2.24) is 5.32 Å². The molecule has 0 bridgehead atoms. The molecule has 0 unspecified atom stereocenters. The van der Waals surface area contributed by atoms with Gasteiger partial charge in [-0.3, -0.25) is 14.5 Å². The Morgan fingerprint density at radius 2 is 2.07 bits per heavy atom. The van der Waals surface area contributed by atoms with Crippen LogP contribution in [0.3, 0.4) is 0 Å². The lowest BCUT2D eigenvalue weighted by molar-refractivity contribution is -0.123. The minimum Gasteiger partial charge on any atom is -0.355 e. The zero-order valence-corrected chi connectivity index (χ0v) is 17.0. The van der Waals surface area contributed by atoms with E-state index in [-0.39, 0.29) is 47.0 Å². The maximum absolute atomic E-state index is 15.2. The molecule has 6 nitrogen and oxygen atoms in total. The summed E-state index contributed by atoms with van der Waals surface area (Å²) in [5.74, 6) is -2.87. The Labute approximate surface area is 186 Å². The number of nitrogens with zero attached hydrogens (tertiary/aromatic N) is 3. The predicted molar refractivity (Wildman–Crippen MR) is 116 cm³/mol. The third-order valence-electron chi connectivity index (χ3n) is 5.40. The van der Waals surface area contributed by atoms with Crippen molar-refractivity contribution < 1.29 is 20.8 Å². The molecule has 0 radical (unpaired) electrons. The minimum absolute atomic E-state index is 0.0872. The molecule has 152 valence electrons. The maximum Gasteiger partial charge on any atom is 0.259 e. The number of carbonyl (C=O) groups is 2. The van der Waals surface area contributed by atoms with Crippen LogP contribution in [-0.2, 0) is 4.79 Å². The largest absolute Gasteiger partial charge is 0.355 e. The number of nitrogens with one attached hydrogen (secondary N) is 1. The number of anilines is 2. The molecule has 1 heterocycles. The summed E-state index contributed by atoms with van der Waals surface area (Å²) in [6.07, 6.45) is 1.11. The number of thiocarbonyl (C=S) groups is 1. The van der Waals surface area contributed by atoms with Gasteiger partial charge >= 0.3 is 0 Å². The molecule has 2 amide bonds. The highest BCUT2D eigenvalue weighted by Gasteiger charge is 2.59. The Kier molecular flexibility index (Phi) is 3.51. The molecule has 1 saturated heterocycles. The fraction of sp³-hybridized carbons (Fsp3) is 0.273. The molecule has 8 heteroatoms. The van der Waals surface area contributed by atoms with Crippen LogP contribution in [0, 0.1) is 19.3 Å². The van der Waals surface area contributed by atoms with Crippen molar-refractivity contribution in [1.29, 1.82) is 0 Å². The van der Waals surface area contributed by atoms with Gasteiger partial charge in [0.25, 0.3) is 11.8 Å². The molecule has 2 aliphatic rings. The molecule has 0 aromatic heterocycles. The molecule has 4 rings (SSSR count). The van der Waals surface area contributed by atoms with Crippen molar-refractivity contribution in [3.63, 3.8) is 0 Å². The average molecular weight is 428 g/mol. The summed E-state index contributed by atoms with van der Waals surface area (Å²) in [5.41, 5.74) is -2.36. The number of rotatable bonds is 3. The molecular formula is C22H19FN4O2S. The van der Waals surface area contributed by atoms with E-state index in [0.717, 1.165) is 4.90 Å². The van der Waals surface area contributed by atoms with Crippen molar-refractivity contribution in [2.45, 2.75) is 31.7 Å². The fourth-order valence-electron chi connectivity index (χ4n) is 3.66. The van der Waals surface area contributed by atoms with Gasteiger partial charge in [-0.15, -0.1) is 0 Å². The number of carbonyl (C=O) groups excluding carboxylic acids is 2. The average Bonchev–Trinajstić information content (AvgIpc) is 3.02. The number of hydrogen-bond acceptors (Lipinski definition) is 3. The van der Waals surface area contributed by atoms with Gasteiger partial charge in [0, 0.05) is 18.4 Å². The third-order valence-corrected chi connectivity index (χ3v) is 5.77. The molecule has 30 heavy (non-hydrogen) atoms. The van der Waals surface area contributed by atoms with Gasteiger partial charge in [0.1, 0.15) is 11.4 Å². The topological polar surface area (TPSA) is 57.0 Å². The lowest BCUT2D eigenvalue weighted by Gasteiger charge is -2.43. The van der Waals surface area contributed by atoms with E-state index in [1.54, 1.807) is 0 Å². The van der Waals surface area contributed by atoms with E-state index < -0.39 is 52.5 Å². The second-order valence-electron chi connectivity index (χ2n) is 7.02. The first-order valence-electron chi connectivity index (χ1n) is 11.6. The standard InChI is InChI=1S/C22H19FN4O2S/c1-13-11-14(6-8-18(13)24-2)26-20(29)22(9-4-10-22)27(21(26)30)15-5-7-16(17(23)12-15)19(28)25-3/h5-8,11-12H,4,9-10H2,1,3H3,(H,25,28)/i5D,6D,7D,11D,12D. The lowest BCUT2D eigenvalue weighted by atomic mass is 9.75.